The van der Waals surface area contributed by atoms with Crippen LogP contribution < -0.4 is 16.2 Å². The summed E-state index contributed by atoms with van der Waals surface area (Å²) in [6.07, 6.45) is 2.69. The number of nitrogens with one attached hydrogen (secondary N) is 3. The van der Waals surface area contributed by atoms with Crippen molar-refractivity contribution in [2.75, 3.05) is 39.2 Å². The fourth-order valence-electron chi connectivity index (χ4n) is 1.46. The van der Waals surface area contributed by atoms with Gasteiger partial charge in [0.2, 0.25) is 0 Å². The molecular weight excluding hydrogens is 230 g/mol. The molecule has 0 aromatic carbocycles. The van der Waals surface area contributed by atoms with Crippen LogP contribution in [0.5, 0.6) is 0 Å². The van der Waals surface area contributed by atoms with Gasteiger partial charge in [0, 0.05) is 6.20 Å². The molecule has 0 saturated heterocycles. The molecular formula is C12H21N5O. The van der Waals surface area contributed by atoms with E-state index in [9.17, 15) is 4.79 Å². The highest BCUT2D eigenvalue weighted by Gasteiger charge is 2.05. The molecule has 0 aliphatic rings. The van der Waals surface area contributed by atoms with Gasteiger partial charge in [0.15, 0.2) is 0 Å². The third-order valence-electron chi connectivity index (χ3n) is 2.38. The Labute approximate surface area is 108 Å². The van der Waals surface area contributed by atoms with Crippen molar-refractivity contribution in [3.63, 3.8) is 0 Å². The van der Waals surface area contributed by atoms with E-state index in [0.29, 0.717) is 12.4 Å². The first-order valence-corrected chi connectivity index (χ1v) is 6.01. The molecule has 3 N–H and O–H groups in total. The molecule has 100 valence electrons. The van der Waals surface area contributed by atoms with E-state index in [0.717, 1.165) is 19.5 Å². The summed E-state index contributed by atoms with van der Waals surface area (Å²) in [6, 6.07) is 5.46. The summed E-state index contributed by atoms with van der Waals surface area (Å²) >= 11 is 0. The third-order valence-corrected chi connectivity index (χ3v) is 2.38. The average molecular weight is 251 g/mol. The molecule has 18 heavy (non-hydrogen) atoms. The van der Waals surface area contributed by atoms with E-state index in [1.165, 1.54) is 0 Å². The number of hydrogen-bond acceptors (Lipinski definition) is 5. The van der Waals surface area contributed by atoms with E-state index in [4.69, 9.17) is 0 Å². The van der Waals surface area contributed by atoms with Crippen LogP contribution in [-0.4, -0.2) is 49.5 Å². The molecule has 0 spiro atoms. The Morgan fingerprint density at radius 2 is 2.28 bits per heavy atom. The van der Waals surface area contributed by atoms with Gasteiger partial charge in [-0.25, -0.2) is 4.98 Å². The van der Waals surface area contributed by atoms with Crippen molar-refractivity contribution >= 4 is 11.7 Å². The molecule has 1 rings (SSSR count). The van der Waals surface area contributed by atoms with Gasteiger partial charge in [0.05, 0.1) is 6.54 Å². The lowest BCUT2D eigenvalue weighted by molar-refractivity contribution is -0.121. The second-order valence-corrected chi connectivity index (χ2v) is 4.08. The van der Waals surface area contributed by atoms with Gasteiger partial charge in [-0.15, -0.1) is 0 Å². The van der Waals surface area contributed by atoms with E-state index < -0.39 is 0 Å². The Balaban J connectivity index is 2.17. The van der Waals surface area contributed by atoms with Crippen LogP contribution in [0.1, 0.15) is 6.42 Å². The van der Waals surface area contributed by atoms with Crippen molar-refractivity contribution in [1.29, 1.82) is 0 Å². The fourth-order valence-corrected chi connectivity index (χ4v) is 1.46. The van der Waals surface area contributed by atoms with Crippen LogP contribution in [0.4, 0.5) is 5.82 Å². The molecule has 1 aromatic heterocycles. The van der Waals surface area contributed by atoms with Crippen LogP contribution in [-0.2, 0) is 4.79 Å². The number of aromatic nitrogens is 1. The Morgan fingerprint density at radius 1 is 1.44 bits per heavy atom. The highest BCUT2D eigenvalue weighted by Crippen LogP contribution is 1.96. The first-order chi connectivity index (χ1) is 8.72. The molecule has 0 bridgehead atoms. The average Bonchev–Trinajstić information content (AvgIpc) is 2.38. The number of rotatable bonds is 8. The molecule has 0 unspecified atom stereocenters. The summed E-state index contributed by atoms with van der Waals surface area (Å²) in [5.41, 5.74) is 5.38. The van der Waals surface area contributed by atoms with Gasteiger partial charge in [-0.2, -0.15) is 0 Å². The number of likely N-dealkylation sites (N-methyl/N-ethyl adjacent to an activating group) is 1. The predicted molar refractivity (Wildman–Crippen MR) is 72.0 cm³/mol. The standard InChI is InChI=1S/C12H21N5O/c1-13-7-5-9-17(2)10-12(18)16-15-11-6-3-4-8-14-11/h3-4,6,8,13H,5,7,9-10H2,1-2H3,(H,14,15)(H,16,18). The highest BCUT2D eigenvalue weighted by atomic mass is 16.2. The number of hydrazine groups is 1. The maximum absolute atomic E-state index is 11.6. The molecule has 6 heteroatoms. The van der Waals surface area contributed by atoms with E-state index in [1.54, 1.807) is 12.3 Å². The Hall–Kier alpha value is -1.66. The summed E-state index contributed by atoms with van der Waals surface area (Å²) in [5.74, 6) is 0.552. The Morgan fingerprint density at radius 3 is 2.94 bits per heavy atom. The molecule has 0 fully saturated rings. The minimum Gasteiger partial charge on any atom is -0.320 e. The molecule has 0 saturated carbocycles. The normalized spacial score (nSPS) is 10.4. The van der Waals surface area contributed by atoms with Crippen molar-refractivity contribution in [2.24, 2.45) is 0 Å². The lowest BCUT2D eigenvalue weighted by atomic mass is 10.4. The summed E-state index contributed by atoms with van der Waals surface area (Å²) in [7, 11) is 3.85. The van der Waals surface area contributed by atoms with Crippen LogP contribution in [0, 0.1) is 0 Å². The summed E-state index contributed by atoms with van der Waals surface area (Å²) < 4.78 is 0. The van der Waals surface area contributed by atoms with Crippen LogP contribution in [0.2, 0.25) is 0 Å². The quantitative estimate of drug-likeness (QED) is 0.450. The number of carbonyl (C=O) groups excluding carboxylic acids is 1. The Kier molecular flexibility index (Phi) is 6.75. The molecule has 0 aliphatic heterocycles. The van der Waals surface area contributed by atoms with Crippen molar-refractivity contribution in [3.8, 4) is 0 Å². The zero-order valence-electron chi connectivity index (χ0n) is 10.9. The number of hydrogen-bond donors (Lipinski definition) is 3. The SMILES string of the molecule is CNCCCN(C)CC(=O)NNc1ccccn1. The zero-order chi connectivity index (χ0) is 13.2. The van der Waals surface area contributed by atoms with E-state index in [2.05, 4.69) is 21.2 Å². The van der Waals surface area contributed by atoms with Gasteiger partial charge >= 0.3 is 0 Å². The summed E-state index contributed by atoms with van der Waals surface area (Å²) in [4.78, 5) is 17.6. The maximum atomic E-state index is 11.6. The first-order valence-electron chi connectivity index (χ1n) is 6.01. The maximum Gasteiger partial charge on any atom is 0.252 e. The Bertz CT molecular complexity index is 344. The van der Waals surface area contributed by atoms with Crippen molar-refractivity contribution < 1.29 is 4.79 Å². The second kappa shape index (κ2) is 8.43. The molecule has 1 amide bonds. The molecule has 0 radical (unpaired) electrons. The van der Waals surface area contributed by atoms with Crippen LogP contribution in [0.3, 0.4) is 0 Å². The van der Waals surface area contributed by atoms with Crippen molar-refractivity contribution in [2.45, 2.75) is 6.42 Å². The third kappa shape index (κ3) is 6.17. The van der Waals surface area contributed by atoms with E-state index in [-0.39, 0.29) is 5.91 Å². The summed E-state index contributed by atoms with van der Waals surface area (Å²) in [6.45, 7) is 2.21. The van der Waals surface area contributed by atoms with Gasteiger partial charge in [-0.1, -0.05) is 6.07 Å². The van der Waals surface area contributed by atoms with Gasteiger partial charge in [-0.3, -0.25) is 20.5 Å². The number of amides is 1. The van der Waals surface area contributed by atoms with E-state index >= 15 is 0 Å². The zero-order valence-corrected chi connectivity index (χ0v) is 10.9. The van der Waals surface area contributed by atoms with Gasteiger partial charge in [0.25, 0.3) is 5.91 Å². The lowest BCUT2D eigenvalue weighted by Gasteiger charge is -2.16. The van der Waals surface area contributed by atoms with Crippen LogP contribution in [0.15, 0.2) is 24.4 Å². The number of pyridine rings is 1. The molecule has 0 aliphatic carbocycles. The largest absolute Gasteiger partial charge is 0.320 e. The first kappa shape index (κ1) is 14.4. The van der Waals surface area contributed by atoms with Crippen LogP contribution in [0.25, 0.3) is 0 Å². The molecule has 1 heterocycles. The summed E-state index contributed by atoms with van der Waals surface area (Å²) in [5, 5.41) is 3.08. The smallest absolute Gasteiger partial charge is 0.252 e. The number of nitrogens with zero attached hydrogens (tertiary/aromatic N) is 2. The molecule has 6 nitrogen and oxygen atoms in total. The van der Waals surface area contributed by atoms with E-state index in [1.807, 2.05) is 31.1 Å². The minimum atomic E-state index is -0.0763. The van der Waals surface area contributed by atoms with Crippen LogP contribution >= 0.6 is 0 Å². The number of carbonyl (C=O) groups is 1. The fraction of sp³-hybridized carbons (Fsp3) is 0.500. The lowest BCUT2D eigenvalue weighted by Crippen LogP contribution is -2.39. The van der Waals surface area contributed by atoms with Gasteiger partial charge < -0.3 is 5.32 Å². The minimum absolute atomic E-state index is 0.0763. The van der Waals surface area contributed by atoms with Crippen molar-refractivity contribution in [3.05, 3.63) is 24.4 Å². The van der Waals surface area contributed by atoms with Crippen molar-refractivity contribution in [1.82, 2.24) is 20.6 Å². The molecule has 0 atom stereocenters. The highest BCUT2D eigenvalue weighted by molar-refractivity contribution is 5.79. The monoisotopic (exact) mass is 251 g/mol. The second-order valence-electron chi connectivity index (χ2n) is 4.08. The molecule has 1 aromatic rings. The number of anilines is 1. The van der Waals surface area contributed by atoms with Gasteiger partial charge in [-0.05, 0) is 45.7 Å². The topological polar surface area (TPSA) is 69.3 Å². The predicted octanol–water partition coefficient (Wildman–Crippen LogP) is 0.0660. The van der Waals surface area contributed by atoms with Gasteiger partial charge in [0.1, 0.15) is 5.82 Å².